The molecule has 0 aromatic heterocycles. The molecule has 2 aromatic rings. The fraction of sp³-hybridized carbons (Fsp3) is 0.481. The smallest absolute Gasteiger partial charge is 0.379 e. The Balaban J connectivity index is 1.57. The highest BCUT2D eigenvalue weighted by molar-refractivity contribution is 5.92. The van der Waals surface area contributed by atoms with Crippen molar-refractivity contribution in [2.45, 2.75) is 45.5 Å². The van der Waals surface area contributed by atoms with Gasteiger partial charge in [0.05, 0.1) is 31.7 Å². The van der Waals surface area contributed by atoms with Crippen LogP contribution in [0.5, 0.6) is 0 Å². The molecule has 0 radical (unpaired) electrons. The van der Waals surface area contributed by atoms with Gasteiger partial charge < -0.3 is 15.4 Å². The number of morpholine rings is 1. The highest BCUT2D eigenvalue weighted by Crippen LogP contribution is 2.29. The molecule has 7 nitrogen and oxygen atoms in total. The third kappa shape index (κ3) is 9.36. The molecule has 1 aliphatic heterocycles. The largest absolute Gasteiger partial charge is 0.416 e. The van der Waals surface area contributed by atoms with Gasteiger partial charge in [-0.2, -0.15) is 13.2 Å². The van der Waals surface area contributed by atoms with E-state index in [1.54, 1.807) is 24.3 Å². The van der Waals surface area contributed by atoms with Crippen LogP contribution in [0.25, 0.3) is 0 Å². The number of halogens is 3. The van der Waals surface area contributed by atoms with E-state index in [2.05, 4.69) is 15.5 Å². The summed E-state index contributed by atoms with van der Waals surface area (Å²) in [5.41, 5.74) is 1.20. The van der Waals surface area contributed by atoms with E-state index in [0.29, 0.717) is 17.8 Å². The topological polar surface area (TPSA) is 73.9 Å². The van der Waals surface area contributed by atoms with Gasteiger partial charge in [-0.05, 0) is 62.2 Å². The zero-order valence-electron chi connectivity index (χ0n) is 21.3. The summed E-state index contributed by atoms with van der Waals surface area (Å²) < 4.78 is 44.0. The first kappa shape index (κ1) is 28.5. The molecular formula is C27H35F3N4O3. The number of anilines is 1. The first-order valence-electron chi connectivity index (χ1n) is 12.5. The first-order chi connectivity index (χ1) is 17.6. The molecule has 37 heavy (non-hydrogen) atoms. The molecule has 0 atom stereocenters. The summed E-state index contributed by atoms with van der Waals surface area (Å²) in [5, 5.41) is 5.77. The van der Waals surface area contributed by atoms with Crippen molar-refractivity contribution >= 4 is 17.6 Å². The van der Waals surface area contributed by atoms with Crippen LogP contribution in [0.15, 0.2) is 48.5 Å². The van der Waals surface area contributed by atoms with Crippen LogP contribution in [0.3, 0.4) is 0 Å². The molecule has 1 fully saturated rings. The Morgan fingerprint density at radius 1 is 1.00 bits per heavy atom. The van der Waals surface area contributed by atoms with Crippen LogP contribution in [0.1, 0.15) is 37.0 Å². The van der Waals surface area contributed by atoms with Gasteiger partial charge in [0, 0.05) is 31.4 Å². The van der Waals surface area contributed by atoms with E-state index < -0.39 is 11.7 Å². The number of carbonyl (C=O) groups is 2. The minimum atomic E-state index is -4.42. The predicted octanol–water partition coefficient (Wildman–Crippen LogP) is 4.21. The molecule has 0 bridgehead atoms. The average Bonchev–Trinajstić information content (AvgIpc) is 2.86. The Hall–Kier alpha value is -3.11. The van der Waals surface area contributed by atoms with Crippen LogP contribution in [0, 0.1) is 0 Å². The predicted molar refractivity (Wildman–Crippen MR) is 136 cm³/mol. The fourth-order valence-electron chi connectivity index (χ4n) is 3.98. The van der Waals surface area contributed by atoms with E-state index in [1.165, 1.54) is 17.0 Å². The van der Waals surface area contributed by atoms with E-state index >= 15 is 0 Å². The van der Waals surface area contributed by atoms with E-state index in [9.17, 15) is 22.8 Å². The second-order valence-corrected chi connectivity index (χ2v) is 9.39. The summed E-state index contributed by atoms with van der Waals surface area (Å²) in [6.45, 7) is 8.63. The highest BCUT2D eigenvalue weighted by Gasteiger charge is 2.30. The molecule has 0 aliphatic carbocycles. The lowest BCUT2D eigenvalue weighted by Gasteiger charge is -2.26. The number of rotatable bonds is 10. The number of benzene rings is 2. The molecular weight excluding hydrogens is 485 g/mol. The molecule has 2 N–H and O–H groups in total. The quantitative estimate of drug-likeness (QED) is 0.461. The van der Waals surface area contributed by atoms with Crippen molar-refractivity contribution in [1.29, 1.82) is 0 Å². The number of amides is 3. The van der Waals surface area contributed by atoms with Gasteiger partial charge in [0.2, 0.25) is 5.91 Å². The maximum Gasteiger partial charge on any atom is 0.416 e. The molecule has 10 heteroatoms. The second kappa shape index (κ2) is 13.4. The van der Waals surface area contributed by atoms with Gasteiger partial charge in [-0.3, -0.25) is 14.6 Å². The van der Waals surface area contributed by atoms with Crippen molar-refractivity contribution in [2.24, 2.45) is 0 Å². The van der Waals surface area contributed by atoms with E-state index in [1.807, 2.05) is 13.8 Å². The SMILES string of the molecule is CC(C)NC(=O)N(Cc1ccc(C(F)(F)F)cc1)c1ccc(CC(=O)NCCCN2CCOCC2)cc1. The molecule has 3 amide bonds. The van der Waals surface area contributed by atoms with Gasteiger partial charge in [0.25, 0.3) is 0 Å². The molecule has 202 valence electrons. The number of alkyl halides is 3. The molecule has 3 rings (SSSR count). The standard InChI is InChI=1S/C27H35F3N4O3/c1-20(2)32-26(36)34(19-22-4-8-23(9-5-22)27(28,29)30)24-10-6-21(7-11-24)18-25(35)31-12-3-13-33-14-16-37-17-15-33/h4-11,20H,3,12-19H2,1-2H3,(H,31,35)(H,32,36). The molecule has 0 spiro atoms. The Bertz CT molecular complexity index is 1010. The second-order valence-electron chi connectivity index (χ2n) is 9.39. The Labute approximate surface area is 216 Å². The molecule has 1 aliphatic rings. The Kier molecular flexibility index (Phi) is 10.3. The number of hydrogen-bond acceptors (Lipinski definition) is 4. The third-order valence-electron chi connectivity index (χ3n) is 5.97. The van der Waals surface area contributed by atoms with Crippen molar-refractivity contribution in [3.8, 4) is 0 Å². The summed E-state index contributed by atoms with van der Waals surface area (Å²) in [7, 11) is 0. The van der Waals surface area contributed by atoms with Crippen LogP contribution >= 0.6 is 0 Å². The van der Waals surface area contributed by atoms with E-state index in [0.717, 1.165) is 57.0 Å². The van der Waals surface area contributed by atoms with Crippen molar-refractivity contribution < 1.29 is 27.5 Å². The maximum absolute atomic E-state index is 12.9. The fourth-order valence-corrected chi connectivity index (χ4v) is 3.98. The molecule has 1 saturated heterocycles. The summed E-state index contributed by atoms with van der Waals surface area (Å²) in [4.78, 5) is 29.0. The van der Waals surface area contributed by atoms with Gasteiger partial charge in [-0.1, -0.05) is 24.3 Å². The summed E-state index contributed by atoms with van der Waals surface area (Å²) >= 11 is 0. The van der Waals surface area contributed by atoms with Crippen LogP contribution < -0.4 is 15.5 Å². The number of ether oxygens (including phenoxy) is 1. The lowest BCUT2D eigenvalue weighted by Crippen LogP contribution is -2.42. The summed E-state index contributed by atoms with van der Waals surface area (Å²) in [6, 6.07) is 11.3. The van der Waals surface area contributed by atoms with Crippen molar-refractivity contribution in [1.82, 2.24) is 15.5 Å². The minimum absolute atomic E-state index is 0.0751. The summed E-state index contributed by atoms with van der Waals surface area (Å²) in [5.74, 6) is -0.0751. The zero-order chi connectivity index (χ0) is 26.8. The van der Waals surface area contributed by atoms with Gasteiger partial charge in [0.15, 0.2) is 0 Å². The van der Waals surface area contributed by atoms with Crippen LogP contribution in [-0.2, 0) is 28.7 Å². The highest BCUT2D eigenvalue weighted by atomic mass is 19.4. The Morgan fingerprint density at radius 3 is 2.22 bits per heavy atom. The lowest BCUT2D eigenvalue weighted by atomic mass is 10.1. The molecule has 0 saturated carbocycles. The number of carbonyl (C=O) groups excluding carboxylic acids is 2. The average molecular weight is 521 g/mol. The van der Waals surface area contributed by atoms with Crippen molar-refractivity contribution in [3.63, 3.8) is 0 Å². The van der Waals surface area contributed by atoms with Gasteiger partial charge in [0.1, 0.15) is 0 Å². The molecule has 2 aromatic carbocycles. The van der Waals surface area contributed by atoms with Gasteiger partial charge in [-0.15, -0.1) is 0 Å². The lowest BCUT2D eigenvalue weighted by molar-refractivity contribution is -0.137. The van der Waals surface area contributed by atoms with Crippen LogP contribution in [0.4, 0.5) is 23.7 Å². The van der Waals surface area contributed by atoms with E-state index in [4.69, 9.17) is 4.74 Å². The zero-order valence-corrected chi connectivity index (χ0v) is 21.3. The van der Waals surface area contributed by atoms with Crippen LogP contribution in [0.2, 0.25) is 0 Å². The van der Waals surface area contributed by atoms with Gasteiger partial charge in [-0.25, -0.2) is 4.79 Å². The summed E-state index contributed by atoms with van der Waals surface area (Å²) in [6.07, 6.45) is -3.33. The number of urea groups is 1. The minimum Gasteiger partial charge on any atom is -0.379 e. The van der Waals surface area contributed by atoms with Crippen molar-refractivity contribution in [2.75, 3.05) is 44.3 Å². The first-order valence-corrected chi connectivity index (χ1v) is 12.5. The third-order valence-corrected chi connectivity index (χ3v) is 5.97. The number of hydrogen-bond donors (Lipinski definition) is 2. The molecule has 1 heterocycles. The molecule has 0 unspecified atom stereocenters. The van der Waals surface area contributed by atoms with E-state index in [-0.39, 0.29) is 30.9 Å². The van der Waals surface area contributed by atoms with Crippen molar-refractivity contribution in [3.05, 3.63) is 65.2 Å². The van der Waals surface area contributed by atoms with Crippen LogP contribution in [-0.4, -0.2) is 62.3 Å². The number of nitrogens with zero attached hydrogens (tertiary/aromatic N) is 2. The monoisotopic (exact) mass is 520 g/mol. The van der Waals surface area contributed by atoms with Gasteiger partial charge >= 0.3 is 12.2 Å². The number of nitrogens with one attached hydrogen (secondary N) is 2. The normalized spacial score (nSPS) is 14.4. The Morgan fingerprint density at radius 2 is 1.62 bits per heavy atom. The maximum atomic E-state index is 12.9.